The van der Waals surface area contributed by atoms with Gasteiger partial charge >= 0.3 is 0 Å². The second kappa shape index (κ2) is 4.21. The number of hydrogen-bond donors (Lipinski definition) is 0. The highest BCUT2D eigenvalue weighted by atomic mass is 31.1. The van der Waals surface area contributed by atoms with Crippen LogP contribution in [0.5, 0.6) is 0 Å². The van der Waals surface area contributed by atoms with Gasteiger partial charge in [-0.05, 0) is 0 Å². The van der Waals surface area contributed by atoms with Crippen LogP contribution in [0.1, 0.15) is 20.8 Å². The molecular formula is C11H17OP. The molecule has 0 N–H and O–H groups in total. The van der Waals surface area contributed by atoms with Gasteiger partial charge < -0.3 is 4.52 Å². The Bertz CT molecular complexity index is 251. The van der Waals surface area contributed by atoms with Crippen LogP contribution in [0.15, 0.2) is 30.3 Å². The highest BCUT2D eigenvalue weighted by Crippen LogP contribution is 2.48. The van der Waals surface area contributed by atoms with Crippen molar-refractivity contribution >= 4 is 13.5 Å². The van der Waals surface area contributed by atoms with Gasteiger partial charge in [-0.1, -0.05) is 51.1 Å². The predicted molar refractivity (Wildman–Crippen MR) is 59.8 cm³/mol. The van der Waals surface area contributed by atoms with E-state index in [-0.39, 0.29) is 5.16 Å². The molecule has 0 aliphatic heterocycles. The molecule has 0 aliphatic carbocycles. The molecule has 13 heavy (non-hydrogen) atoms. The summed E-state index contributed by atoms with van der Waals surface area (Å²) in [6.45, 7) is 6.65. The van der Waals surface area contributed by atoms with Gasteiger partial charge in [0.1, 0.15) is 0 Å². The van der Waals surface area contributed by atoms with Crippen molar-refractivity contribution < 1.29 is 4.52 Å². The quantitative estimate of drug-likeness (QED) is 0.660. The van der Waals surface area contributed by atoms with Crippen LogP contribution >= 0.6 is 8.15 Å². The fourth-order valence-corrected chi connectivity index (χ4v) is 3.31. The maximum absolute atomic E-state index is 5.57. The summed E-state index contributed by atoms with van der Waals surface area (Å²) in [6, 6.07) is 10.4. The van der Waals surface area contributed by atoms with Crippen molar-refractivity contribution in [2.75, 3.05) is 7.11 Å². The summed E-state index contributed by atoms with van der Waals surface area (Å²) in [4.78, 5) is 0. The Labute approximate surface area is 82.0 Å². The third-order valence-corrected chi connectivity index (χ3v) is 4.13. The SMILES string of the molecule is COP(c1ccccc1)C(C)(C)C. The van der Waals surface area contributed by atoms with Crippen LogP contribution in [0.3, 0.4) is 0 Å². The van der Waals surface area contributed by atoms with Crippen LogP contribution in [-0.4, -0.2) is 12.3 Å². The maximum atomic E-state index is 5.57. The molecule has 1 aromatic rings. The first kappa shape index (κ1) is 10.7. The monoisotopic (exact) mass is 196 g/mol. The fraction of sp³-hybridized carbons (Fsp3) is 0.455. The Balaban J connectivity index is 2.92. The van der Waals surface area contributed by atoms with Crippen molar-refractivity contribution in [3.63, 3.8) is 0 Å². The molecule has 0 aliphatic rings. The summed E-state index contributed by atoms with van der Waals surface area (Å²) >= 11 is 0. The Hall–Kier alpha value is -0.390. The zero-order valence-corrected chi connectivity index (χ0v) is 9.64. The Morgan fingerprint density at radius 3 is 2.00 bits per heavy atom. The van der Waals surface area contributed by atoms with E-state index in [0.717, 1.165) is 0 Å². The average Bonchev–Trinajstić information content (AvgIpc) is 2.05. The van der Waals surface area contributed by atoms with Crippen molar-refractivity contribution in [3.8, 4) is 0 Å². The lowest BCUT2D eigenvalue weighted by Crippen LogP contribution is -2.19. The third-order valence-electron chi connectivity index (χ3n) is 1.78. The van der Waals surface area contributed by atoms with E-state index in [4.69, 9.17) is 4.52 Å². The Kier molecular flexibility index (Phi) is 3.47. The molecule has 1 nitrogen and oxygen atoms in total. The molecule has 1 atom stereocenters. The zero-order valence-electron chi connectivity index (χ0n) is 8.74. The van der Waals surface area contributed by atoms with E-state index in [1.165, 1.54) is 5.30 Å². The van der Waals surface area contributed by atoms with Crippen LogP contribution in [0.4, 0.5) is 0 Å². The minimum atomic E-state index is -0.495. The van der Waals surface area contributed by atoms with Gasteiger partial charge in [0, 0.05) is 17.6 Å². The maximum Gasteiger partial charge on any atom is 0.0654 e. The van der Waals surface area contributed by atoms with Crippen molar-refractivity contribution in [3.05, 3.63) is 30.3 Å². The molecule has 0 bridgehead atoms. The van der Waals surface area contributed by atoms with Crippen molar-refractivity contribution in [1.29, 1.82) is 0 Å². The van der Waals surface area contributed by atoms with Gasteiger partial charge in [-0.25, -0.2) is 0 Å². The summed E-state index contributed by atoms with van der Waals surface area (Å²) in [5, 5.41) is 1.53. The second-order valence-electron chi connectivity index (χ2n) is 3.98. The standard InChI is InChI=1S/C11H17OP/c1-11(2,3)13(12-4)10-8-6-5-7-9-10/h5-9H,1-4H3. The molecule has 0 saturated heterocycles. The zero-order chi connectivity index (χ0) is 9.90. The van der Waals surface area contributed by atoms with Crippen molar-refractivity contribution in [1.82, 2.24) is 0 Å². The van der Waals surface area contributed by atoms with E-state index in [2.05, 4.69) is 45.0 Å². The molecule has 0 fully saturated rings. The number of rotatable bonds is 2. The van der Waals surface area contributed by atoms with Gasteiger partial charge in [0.05, 0.1) is 8.15 Å². The number of benzene rings is 1. The highest BCUT2D eigenvalue weighted by Gasteiger charge is 2.25. The normalized spacial score (nSPS) is 14.2. The molecule has 72 valence electrons. The lowest BCUT2D eigenvalue weighted by atomic mass is 10.3. The first-order chi connectivity index (χ1) is 6.05. The van der Waals surface area contributed by atoms with Crippen molar-refractivity contribution in [2.24, 2.45) is 0 Å². The minimum Gasteiger partial charge on any atom is -0.357 e. The second-order valence-corrected chi connectivity index (χ2v) is 6.80. The molecule has 1 aromatic carbocycles. The molecule has 0 aromatic heterocycles. The van der Waals surface area contributed by atoms with E-state index in [1.54, 1.807) is 7.11 Å². The minimum absolute atomic E-state index is 0.214. The Morgan fingerprint density at radius 2 is 1.62 bits per heavy atom. The molecule has 0 heterocycles. The summed E-state index contributed by atoms with van der Waals surface area (Å²) in [7, 11) is 1.30. The largest absolute Gasteiger partial charge is 0.357 e. The van der Waals surface area contributed by atoms with E-state index in [9.17, 15) is 0 Å². The smallest absolute Gasteiger partial charge is 0.0654 e. The summed E-state index contributed by atoms with van der Waals surface area (Å²) in [5.74, 6) is 0. The summed E-state index contributed by atoms with van der Waals surface area (Å²) in [6.07, 6.45) is 0. The van der Waals surface area contributed by atoms with E-state index in [0.29, 0.717) is 0 Å². The fourth-order valence-electron chi connectivity index (χ4n) is 1.33. The lowest BCUT2D eigenvalue weighted by Gasteiger charge is -2.29. The predicted octanol–water partition coefficient (Wildman–Crippen LogP) is 3.15. The highest BCUT2D eigenvalue weighted by molar-refractivity contribution is 7.62. The molecule has 0 radical (unpaired) electrons. The molecule has 1 rings (SSSR count). The van der Waals surface area contributed by atoms with Gasteiger partial charge in [-0.3, -0.25) is 0 Å². The summed E-state index contributed by atoms with van der Waals surface area (Å²) < 4.78 is 5.57. The molecule has 0 spiro atoms. The molecular weight excluding hydrogens is 179 g/mol. The summed E-state index contributed by atoms with van der Waals surface area (Å²) in [5.41, 5.74) is 0. The molecule has 0 amide bonds. The topological polar surface area (TPSA) is 9.23 Å². The lowest BCUT2D eigenvalue weighted by molar-refractivity contribution is 0.449. The van der Waals surface area contributed by atoms with E-state index >= 15 is 0 Å². The average molecular weight is 196 g/mol. The van der Waals surface area contributed by atoms with Crippen LogP contribution in [0, 0.1) is 0 Å². The Morgan fingerprint density at radius 1 is 1.08 bits per heavy atom. The van der Waals surface area contributed by atoms with Crippen LogP contribution in [0.25, 0.3) is 0 Å². The molecule has 0 saturated carbocycles. The van der Waals surface area contributed by atoms with Gasteiger partial charge in [0.25, 0.3) is 0 Å². The molecule has 1 unspecified atom stereocenters. The van der Waals surface area contributed by atoms with E-state index < -0.39 is 8.15 Å². The van der Waals surface area contributed by atoms with Crippen molar-refractivity contribution in [2.45, 2.75) is 25.9 Å². The first-order valence-electron chi connectivity index (χ1n) is 4.45. The van der Waals surface area contributed by atoms with E-state index in [1.807, 2.05) is 6.07 Å². The van der Waals surface area contributed by atoms with Crippen LogP contribution in [0.2, 0.25) is 0 Å². The van der Waals surface area contributed by atoms with Gasteiger partial charge in [-0.15, -0.1) is 0 Å². The van der Waals surface area contributed by atoms with Gasteiger partial charge in [0.15, 0.2) is 0 Å². The van der Waals surface area contributed by atoms with Crippen LogP contribution in [-0.2, 0) is 4.52 Å². The molecule has 2 heteroatoms. The number of hydrogen-bond acceptors (Lipinski definition) is 1. The third kappa shape index (κ3) is 2.79. The van der Waals surface area contributed by atoms with Gasteiger partial charge in [-0.2, -0.15) is 0 Å². The first-order valence-corrected chi connectivity index (χ1v) is 5.71. The van der Waals surface area contributed by atoms with Crippen LogP contribution < -0.4 is 5.30 Å². The van der Waals surface area contributed by atoms with Gasteiger partial charge in [0.2, 0.25) is 0 Å².